The van der Waals surface area contributed by atoms with Gasteiger partial charge in [0.25, 0.3) is 0 Å². The van der Waals surface area contributed by atoms with Gasteiger partial charge in [-0.2, -0.15) is 0 Å². The van der Waals surface area contributed by atoms with Gasteiger partial charge >= 0.3 is 0 Å². The van der Waals surface area contributed by atoms with Crippen molar-refractivity contribution in [1.29, 1.82) is 0 Å². The molecule has 4 rings (SSSR count). The average molecular weight is 585 g/mol. The molecule has 0 saturated carbocycles. The van der Waals surface area contributed by atoms with Crippen molar-refractivity contribution >= 4 is 33.4 Å². The van der Waals surface area contributed by atoms with Crippen molar-refractivity contribution in [1.82, 2.24) is 10.6 Å². The summed E-state index contributed by atoms with van der Waals surface area (Å²) in [5.74, 6) is 12.3. The molecule has 2 unspecified atom stereocenters. The van der Waals surface area contributed by atoms with Crippen molar-refractivity contribution < 1.29 is 9.59 Å². The standard InChI is InChI=1S/C40H44N2O2/c1-31(35-27-25-33-19-15-17-21-37(33)29-35)41-39(43)23-13-11-9-7-5-3-4-6-8-10-12-14-24-40(44)42-32(2)36-28-26-34-20-16-18-22-38(34)30-36/h15-22,25-32H,7-14,23-24H2,1-2H3,(H,41,43)(H,42,44). The maximum absolute atomic E-state index is 12.4. The van der Waals surface area contributed by atoms with Crippen LogP contribution in [0.15, 0.2) is 84.9 Å². The molecule has 0 aliphatic heterocycles. The Labute approximate surface area is 263 Å². The lowest BCUT2D eigenvalue weighted by Crippen LogP contribution is -2.26. The van der Waals surface area contributed by atoms with Gasteiger partial charge in [-0.15, -0.1) is 0 Å². The van der Waals surface area contributed by atoms with Crippen LogP contribution in [-0.4, -0.2) is 11.8 Å². The Kier molecular flexibility index (Phi) is 12.9. The molecule has 2 N–H and O–H groups in total. The van der Waals surface area contributed by atoms with Crippen LogP contribution in [0.1, 0.15) is 101 Å². The van der Waals surface area contributed by atoms with E-state index in [1.165, 1.54) is 21.5 Å². The number of carbonyl (C=O) groups excluding carboxylic acids is 2. The third kappa shape index (κ3) is 10.6. The van der Waals surface area contributed by atoms with E-state index in [0.717, 1.165) is 62.5 Å². The van der Waals surface area contributed by atoms with Gasteiger partial charge in [0.2, 0.25) is 11.8 Å². The highest BCUT2D eigenvalue weighted by Crippen LogP contribution is 2.22. The van der Waals surface area contributed by atoms with E-state index in [2.05, 4.69) is 95.0 Å². The first-order valence-corrected chi connectivity index (χ1v) is 16.0. The van der Waals surface area contributed by atoms with Gasteiger partial charge in [-0.1, -0.05) is 97.5 Å². The van der Waals surface area contributed by atoms with E-state index >= 15 is 0 Å². The number of nitrogens with one attached hydrogen (secondary N) is 2. The molecule has 4 nitrogen and oxygen atoms in total. The second kappa shape index (κ2) is 17.5. The number of hydrogen-bond acceptors (Lipinski definition) is 2. The van der Waals surface area contributed by atoms with Crippen molar-refractivity contribution in [3.8, 4) is 23.7 Å². The van der Waals surface area contributed by atoms with E-state index in [0.29, 0.717) is 12.8 Å². The van der Waals surface area contributed by atoms with Crippen LogP contribution < -0.4 is 10.6 Å². The fourth-order valence-electron chi connectivity index (χ4n) is 5.31. The Hall–Kier alpha value is -4.54. The van der Waals surface area contributed by atoms with Crippen LogP contribution in [0, 0.1) is 23.7 Å². The van der Waals surface area contributed by atoms with E-state index in [1.807, 2.05) is 38.1 Å². The molecular formula is C40H44N2O2. The minimum atomic E-state index is -0.00789. The van der Waals surface area contributed by atoms with Gasteiger partial charge in [0.1, 0.15) is 0 Å². The van der Waals surface area contributed by atoms with Crippen LogP contribution in [0.4, 0.5) is 0 Å². The molecule has 4 aromatic rings. The van der Waals surface area contributed by atoms with Gasteiger partial charge < -0.3 is 10.6 Å². The molecule has 0 heterocycles. The number of hydrogen-bond donors (Lipinski definition) is 2. The molecule has 0 spiro atoms. The Balaban J connectivity index is 0.994. The first kappa shape index (κ1) is 32.4. The number of benzene rings is 4. The molecule has 0 bridgehead atoms. The highest BCUT2D eigenvalue weighted by Gasteiger charge is 2.11. The quantitative estimate of drug-likeness (QED) is 0.115. The number of carbonyl (C=O) groups is 2. The molecule has 0 aliphatic carbocycles. The summed E-state index contributed by atoms with van der Waals surface area (Å²) in [7, 11) is 0. The molecule has 0 saturated heterocycles. The average Bonchev–Trinajstić information content (AvgIpc) is 3.04. The van der Waals surface area contributed by atoms with Crippen LogP contribution in [0.3, 0.4) is 0 Å². The summed E-state index contributed by atoms with van der Waals surface area (Å²) in [5, 5.41) is 11.0. The van der Waals surface area contributed by atoms with Crippen molar-refractivity contribution in [3.63, 3.8) is 0 Å². The second-order valence-electron chi connectivity index (χ2n) is 11.5. The number of fused-ring (bicyclic) bond motifs is 2. The summed E-state index contributed by atoms with van der Waals surface area (Å²) >= 11 is 0. The lowest BCUT2D eigenvalue weighted by Gasteiger charge is -2.15. The van der Waals surface area contributed by atoms with Gasteiger partial charge in [0, 0.05) is 25.7 Å². The molecule has 4 heteroatoms. The Bertz CT molecular complexity index is 1540. The monoisotopic (exact) mass is 584 g/mol. The van der Waals surface area contributed by atoms with Gasteiger partial charge in [0.15, 0.2) is 0 Å². The van der Waals surface area contributed by atoms with Gasteiger partial charge in [-0.3, -0.25) is 9.59 Å². The predicted molar refractivity (Wildman–Crippen MR) is 183 cm³/mol. The fraction of sp³-hybridized carbons (Fsp3) is 0.350. The maximum Gasteiger partial charge on any atom is 0.220 e. The van der Waals surface area contributed by atoms with Crippen LogP contribution in [0.5, 0.6) is 0 Å². The van der Waals surface area contributed by atoms with Gasteiger partial charge in [-0.25, -0.2) is 0 Å². The Morgan fingerprint density at radius 1 is 0.545 bits per heavy atom. The van der Waals surface area contributed by atoms with Crippen LogP contribution >= 0.6 is 0 Å². The van der Waals surface area contributed by atoms with E-state index in [4.69, 9.17) is 0 Å². The smallest absolute Gasteiger partial charge is 0.220 e. The summed E-state index contributed by atoms with van der Waals surface area (Å²) in [6.45, 7) is 4.07. The van der Waals surface area contributed by atoms with Crippen molar-refractivity contribution in [2.45, 2.75) is 90.1 Å². The normalized spacial score (nSPS) is 12.0. The summed E-state index contributed by atoms with van der Waals surface area (Å²) < 4.78 is 0. The summed E-state index contributed by atoms with van der Waals surface area (Å²) in [6.07, 6.45) is 8.32. The van der Waals surface area contributed by atoms with Crippen LogP contribution in [0.2, 0.25) is 0 Å². The van der Waals surface area contributed by atoms with Crippen LogP contribution in [-0.2, 0) is 9.59 Å². The highest BCUT2D eigenvalue weighted by atomic mass is 16.2. The molecule has 0 radical (unpaired) electrons. The van der Waals surface area contributed by atoms with Crippen molar-refractivity contribution in [2.75, 3.05) is 0 Å². The molecule has 2 atom stereocenters. The second-order valence-corrected chi connectivity index (χ2v) is 11.5. The fourth-order valence-corrected chi connectivity index (χ4v) is 5.31. The molecule has 0 aliphatic rings. The molecule has 4 aromatic carbocycles. The number of amides is 2. The Morgan fingerprint density at radius 3 is 1.39 bits per heavy atom. The molecule has 226 valence electrons. The Morgan fingerprint density at radius 2 is 0.955 bits per heavy atom. The number of rotatable bonds is 14. The first-order valence-electron chi connectivity index (χ1n) is 16.0. The van der Waals surface area contributed by atoms with Gasteiger partial charge in [-0.05, 0) is 96.2 Å². The molecular weight excluding hydrogens is 540 g/mol. The SMILES string of the molecule is CC(NC(=O)CCCCCC#CC#CCCCCCC(=O)NC(C)c1ccc2ccccc2c1)c1ccc2ccccc2c1. The van der Waals surface area contributed by atoms with E-state index < -0.39 is 0 Å². The van der Waals surface area contributed by atoms with Gasteiger partial charge in [0.05, 0.1) is 12.1 Å². The zero-order valence-corrected chi connectivity index (χ0v) is 26.1. The lowest BCUT2D eigenvalue weighted by atomic mass is 10.0. The minimum absolute atomic E-state index is 0.00789. The third-order valence-electron chi connectivity index (χ3n) is 7.95. The summed E-state index contributed by atoms with van der Waals surface area (Å²) in [6, 6.07) is 29.2. The zero-order chi connectivity index (χ0) is 31.0. The van der Waals surface area contributed by atoms with E-state index in [9.17, 15) is 9.59 Å². The number of unbranched alkanes of at least 4 members (excludes halogenated alkanes) is 6. The third-order valence-corrected chi connectivity index (χ3v) is 7.95. The van der Waals surface area contributed by atoms with E-state index in [1.54, 1.807) is 0 Å². The topological polar surface area (TPSA) is 58.2 Å². The maximum atomic E-state index is 12.4. The first-order chi connectivity index (χ1) is 21.5. The van der Waals surface area contributed by atoms with Crippen molar-refractivity contribution in [3.05, 3.63) is 96.1 Å². The predicted octanol–water partition coefficient (Wildman–Crippen LogP) is 8.96. The zero-order valence-electron chi connectivity index (χ0n) is 26.1. The molecule has 2 amide bonds. The molecule has 44 heavy (non-hydrogen) atoms. The lowest BCUT2D eigenvalue weighted by molar-refractivity contribution is -0.122. The highest BCUT2D eigenvalue weighted by molar-refractivity contribution is 5.84. The van der Waals surface area contributed by atoms with E-state index in [-0.39, 0.29) is 23.9 Å². The molecule has 0 fully saturated rings. The minimum Gasteiger partial charge on any atom is -0.350 e. The summed E-state index contributed by atoms with van der Waals surface area (Å²) in [5.41, 5.74) is 2.25. The summed E-state index contributed by atoms with van der Waals surface area (Å²) in [4.78, 5) is 24.8. The molecule has 0 aromatic heterocycles. The van der Waals surface area contributed by atoms with Crippen LogP contribution in [0.25, 0.3) is 21.5 Å². The largest absolute Gasteiger partial charge is 0.350 e. The van der Waals surface area contributed by atoms with Crippen molar-refractivity contribution in [2.24, 2.45) is 0 Å².